The number of hydrogen-bond acceptors (Lipinski definition) is 2. The van der Waals surface area contributed by atoms with Crippen LogP contribution in [0.3, 0.4) is 0 Å². The molecule has 1 aromatic rings. The van der Waals surface area contributed by atoms with E-state index >= 15 is 0 Å². The Kier molecular flexibility index (Phi) is 4.44. The fourth-order valence-corrected chi connectivity index (χ4v) is 1.86. The van der Waals surface area contributed by atoms with Crippen LogP contribution in [0.5, 0.6) is 0 Å². The maximum absolute atomic E-state index is 13.2. The molecule has 0 aliphatic rings. The maximum atomic E-state index is 13.2. The number of hydrogen-bond donors (Lipinski definition) is 1. The van der Waals surface area contributed by atoms with E-state index in [9.17, 15) is 14.3 Å². The van der Waals surface area contributed by atoms with E-state index in [4.69, 9.17) is 0 Å². The minimum Gasteiger partial charge on any atom is -0.385 e. The van der Waals surface area contributed by atoms with Crippen LogP contribution in [-0.2, 0) is 11.2 Å². The number of benzene rings is 1. The molecule has 4 heteroatoms. The number of aliphatic hydroxyl groups excluding tert-OH is 1. The first-order valence-corrected chi connectivity index (χ1v) is 6.16. The first kappa shape index (κ1) is 14.3. The molecule has 1 unspecified atom stereocenters. The van der Waals surface area contributed by atoms with Crippen LogP contribution in [0.2, 0.25) is 0 Å². The number of aliphatic hydroxyl groups is 1. The molecule has 0 amide bonds. The van der Waals surface area contributed by atoms with Crippen molar-refractivity contribution >= 4 is 21.7 Å². The molecule has 17 heavy (non-hydrogen) atoms. The van der Waals surface area contributed by atoms with Crippen molar-refractivity contribution in [1.29, 1.82) is 0 Å². The largest absolute Gasteiger partial charge is 0.385 e. The summed E-state index contributed by atoms with van der Waals surface area (Å²) in [6.45, 7) is 5.36. The average molecular weight is 303 g/mol. The lowest BCUT2D eigenvalue weighted by Crippen LogP contribution is -2.35. The third-order valence-corrected chi connectivity index (χ3v) is 3.41. The van der Waals surface area contributed by atoms with E-state index in [-0.39, 0.29) is 16.7 Å². The molecule has 0 radical (unpaired) electrons. The summed E-state index contributed by atoms with van der Waals surface area (Å²) in [4.78, 5) is 11.8. The first-order chi connectivity index (χ1) is 7.73. The zero-order valence-corrected chi connectivity index (χ0v) is 11.7. The Morgan fingerprint density at radius 1 is 1.47 bits per heavy atom. The molecule has 0 aliphatic carbocycles. The van der Waals surface area contributed by atoms with Crippen molar-refractivity contribution < 1.29 is 14.3 Å². The molecule has 0 saturated carbocycles. The highest BCUT2D eigenvalue weighted by atomic mass is 79.9. The molecule has 1 atom stereocenters. The second kappa shape index (κ2) is 5.27. The Bertz CT molecular complexity index is 424. The summed E-state index contributed by atoms with van der Waals surface area (Å²) in [5.74, 6) is -0.704. The molecule has 0 aliphatic heterocycles. The monoisotopic (exact) mass is 302 g/mol. The molecular weight excluding hydrogens is 287 g/mol. The summed E-state index contributed by atoms with van der Waals surface area (Å²) >= 11 is 3.10. The lowest BCUT2D eigenvalue weighted by Gasteiger charge is -2.24. The average Bonchev–Trinajstić information content (AvgIpc) is 2.22. The van der Waals surface area contributed by atoms with Crippen LogP contribution in [0.15, 0.2) is 22.7 Å². The zero-order valence-electron chi connectivity index (χ0n) is 10.1. The van der Waals surface area contributed by atoms with Gasteiger partial charge in [-0.15, -0.1) is 0 Å². The number of carbonyl (C=O) groups excluding carboxylic acids is 1. The lowest BCUT2D eigenvalue weighted by atomic mass is 9.85. The smallest absolute Gasteiger partial charge is 0.166 e. The number of Topliss-reactive ketones (excluding diaryl/α,β-unsaturated/α-hetero) is 1. The van der Waals surface area contributed by atoms with Gasteiger partial charge in [0.2, 0.25) is 0 Å². The first-order valence-electron chi connectivity index (χ1n) is 5.37. The summed E-state index contributed by atoms with van der Waals surface area (Å²) in [5, 5.41) is 9.82. The van der Waals surface area contributed by atoms with Crippen molar-refractivity contribution in [3.8, 4) is 0 Å². The molecule has 1 rings (SSSR count). The highest BCUT2D eigenvalue weighted by Gasteiger charge is 2.29. The van der Waals surface area contributed by atoms with Gasteiger partial charge in [0.15, 0.2) is 5.78 Å². The predicted molar refractivity (Wildman–Crippen MR) is 68.3 cm³/mol. The van der Waals surface area contributed by atoms with Crippen molar-refractivity contribution in [2.75, 3.05) is 0 Å². The molecule has 0 saturated heterocycles. The van der Waals surface area contributed by atoms with Gasteiger partial charge >= 0.3 is 0 Å². The minimum atomic E-state index is -1.04. The van der Waals surface area contributed by atoms with E-state index in [1.54, 1.807) is 32.9 Å². The SMILES string of the molecule is CC(C)(C)C(O)C(=O)Cc1cccc(F)c1Br. The van der Waals surface area contributed by atoms with Gasteiger partial charge in [0.05, 0.1) is 4.47 Å². The van der Waals surface area contributed by atoms with Gasteiger partial charge in [0.25, 0.3) is 0 Å². The van der Waals surface area contributed by atoms with Crippen LogP contribution in [0.1, 0.15) is 26.3 Å². The number of carbonyl (C=O) groups is 1. The molecule has 0 fully saturated rings. The van der Waals surface area contributed by atoms with Gasteiger partial charge in [-0.3, -0.25) is 4.79 Å². The van der Waals surface area contributed by atoms with Crippen molar-refractivity contribution in [2.45, 2.75) is 33.3 Å². The molecule has 0 aromatic heterocycles. The van der Waals surface area contributed by atoms with Crippen LogP contribution in [-0.4, -0.2) is 17.0 Å². The molecule has 0 bridgehead atoms. The fourth-order valence-electron chi connectivity index (χ4n) is 1.45. The van der Waals surface area contributed by atoms with Crippen LogP contribution in [0.4, 0.5) is 4.39 Å². The predicted octanol–water partition coefficient (Wildman–Crippen LogP) is 3.11. The summed E-state index contributed by atoms with van der Waals surface area (Å²) < 4.78 is 13.5. The van der Waals surface area contributed by atoms with Gasteiger partial charge in [-0.05, 0) is 33.0 Å². The zero-order chi connectivity index (χ0) is 13.2. The van der Waals surface area contributed by atoms with Crippen LogP contribution < -0.4 is 0 Å². The third-order valence-electron chi connectivity index (χ3n) is 2.52. The molecule has 0 heterocycles. The summed E-state index contributed by atoms with van der Waals surface area (Å²) in [6.07, 6.45) is -1.02. The van der Waals surface area contributed by atoms with Crippen molar-refractivity contribution in [1.82, 2.24) is 0 Å². The van der Waals surface area contributed by atoms with E-state index in [0.29, 0.717) is 5.56 Å². The van der Waals surface area contributed by atoms with Gasteiger partial charge in [-0.2, -0.15) is 0 Å². The normalized spacial score (nSPS) is 13.5. The summed E-state index contributed by atoms with van der Waals surface area (Å²) in [5.41, 5.74) is 0.0509. The molecule has 1 N–H and O–H groups in total. The molecule has 0 spiro atoms. The van der Waals surface area contributed by atoms with Gasteiger partial charge in [-0.25, -0.2) is 4.39 Å². The van der Waals surface area contributed by atoms with Crippen LogP contribution >= 0.6 is 15.9 Å². The molecule has 94 valence electrons. The van der Waals surface area contributed by atoms with Crippen molar-refractivity contribution in [3.63, 3.8) is 0 Å². The van der Waals surface area contributed by atoms with E-state index in [0.717, 1.165) is 0 Å². The molecule has 1 aromatic carbocycles. The summed E-state index contributed by atoms with van der Waals surface area (Å²) in [7, 11) is 0. The third kappa shape index (κ3) is 3.61. The summed E-state index contributed by atoms with van der Waals surface area (Å²) in [6, 6.07) is 4.53. The quantitative estimate of drug-likeness (QED) is 0.931. The Hall–Kier alpha value is -0.740. The minimum absolute atomic E-state index is 0.0246. The Morgan fingerprint density at radius 3 is 2.59 bits per heavy atom. The lowest BCUT2D eigenvalue weighted by molar-refractivity contribution is -0.131. The Labute approximate surface area is 109 Å². The Morgan fingerprint density at radius 2 is 2.06 bits per heavy atom. The van der Waals surface area contributed by atoms with E-state index in [1.807, 2.05) is 0 Å². The fraction of sp³-hybridized carbons (Fsp3) is 0.462. The molecule has 2 nitrogen and oxygen atoms in total. The van der Waals surface area contributed by atoms with Gasteiger partial charge in [0.1, 0.15) is 11.9 Å². The van der Waals surface area contributed by atoms with Crippen LogP contribution in [0.25, 0.3) is 0 Å². The number of halogens is 2. The number of rotatable bonds is 3. The van der Waals surface area contributed by atoms with Crippen molar-refractivity contribution in [3.05, 3.63) is 34.1 Å². The molecular formula is C13H16BrFO2. The van der Waals surface area contributed by atoms with E-state index in [1.165, 1.54) is 6.07 Å². The van der Waals surface area contributed by atoms with Gasteiger partial charge in [-0.1, -0.05) is 32.9 Å². The highest BCUT2D eigenvalue weighted by Crippen LogP contribution is 2.24. The highest BCUT2D eigenvalue weighted by molar-refractivity contribution is 9.10. The van der Waals surface area contributed by atoms with Crippen LogP contribution in [0, 0.1) is 11.2 Å². The van der Waals surface area contributed by atoms with Crippen molar-refractivity contribution in [2.24, 2.45) is 5.41 Å². The second-order valence-electron chi connectivity index (χ2n) is 5.12. The maximum Gasteiger partial charge on any atom is 0.166 e. The van der Waals surface area contributed by atoms with E-state index < -0.39 is 17.3 Å². The van der Waals surface area contributed by atoms with Gasteiger partial charge in [0, 0.05) is 6.42 Å². The second-order valence-corrected chi connectivity index (χ2v) is 5.92. The van der Waals surface area contributed by atoms with E-state index in [2.05, 4.69) is 15.9 Å². The Balaban J connectivity index is 2.86. The standard InChI is InChI=1S/C13H16BrFO2/c1-13(2,3)12(17)10(16)7-8-5-4-6-9(15)11(8)14/h4-6,12,17H,7H2,1-3H3. The topological polar surface area (TPSA) is 37.3 Å². The van der Waals surface area contributed by atoms with Gasteiger partial charge < -0.3 is 5.11 Å². The number of ketones is 1.